The summed E-state index contributed by atoms with van der Waals surface area (Å²) in [6.07, 6.45) is 3.63. The molecule has 1 aliphatic heterocycles. The van der Waals surface area contributed by atoms with Crippen molar-refractivity contribution in [1.82, 2.24) is 10.3 Å². The molecule has 0 atom stereocenters. The summed E-state index contributed by atoms with van der Waals surface area (Å²) >= 11 is 0. The maximum atomic E-state index is 5.63. The molecule has 0 aliphatic carbocycles. The number of fused-ring (bicyclic) bond motifs is 1. The van der Waals surface area contributed by atoms with Crippen LogP contribution in [0.3, 0.4) is 0 Å². The summed E-state index contributed by atoms with van der Waals surface area (Å²) in [5, 5.41) is 3.38. The molecule has 0 saturated carbocycles. The summed E-state index contributed by atoms with van der Waals surface area (Å²) in [4.78, 5) is 4.10. The van der Waals surface area contributed by atoms with Gasteiger partial charge < -0.3 is 19.5 Å². The van der Waals surface area contributed by atoms with Crippen LogP contribution in [0.4, 0.5) is 0 Å². The highest BCUT2D eigenvalue weighted by Gasteiger charge is 2.18. The zero-order valence-corrected chi connectivity index (χ0v) is 12.0. The van der Waals surface area contributed by atoms with Gasteiger partial charge in [-0.05, 0) is 29.3 Å². The summed E-state index contributed by atoms with van der Waals surface area (Å²) in [5.41, 5.74) is 2.25. The Bertz CT molecular complexity index is 585. The van der Waals surface area contributed by atoms with Gasteiger partial charge in [-0.1, -0.05) is 6.07 Å². The topological polar surface area (TPSA) is 52.6 Å². The lowest BCUT2D eigenvalue weighted by Crippen LogP contribution is -2.17. The maximum absolute atomic E-state index is 5.63. The predicted octanol–water partition coefficient (Wildman–Crippen LogP) is 2.15. The first-order valence-corrected chi connectivity index (χ1v) is 6.93. The fourth-order valence-electron chi connectivity index (χ4n) is 2.28. The van der Waals surface area contributed by atoms with Crippen LogP contribution in [0.2, 0.25) is 0 Å². The molecule has 1 aromatic carbocycles. The lowest BCUT2D eigenvalue weighted by Gasteiger charge is -2.21. The zero-order chi connectivity index (χ0) is 14.5. The van der Waals surface area contributed by atoms with Crippen molar-refractivity contribution in [3.63, 3.8) is 0 Å². The fourth-order valence-corrected chi connectivity index (χ4v) is 2.28. The van der Waals surface area contributed by atoms with Crippen LogP contribution in [0, 0.1) is 0 Å². The van der Waals surface area contributed by atoms with Gasteiger partial charge >= 0.3 is 0 Å². The average Bonchev–Trinajstić information content (AvgIpc) is 2.55. The molecule has 0 saturated heterocycles. The Kier molecular flexibility index (Phi) is 4.21. The first-order valence-electron chi connectivity index (χ1n) is 6.93. The summed E-state index contributed by atoms with van der Waals surface area (Å²) in [5.74, 6) is 2.16. The normalized spacial score (nSPS) is 13.0. The molecule has 2 heterocycles. The molecule has 1 aliphatic rings. The highest BCUT2D eigenvalue weighted by molar-refractivity contribution is 5.54. The number of hydrogen-bond acceptors (Lipinski definition) is 5. The van der Waals surface area contributed by atoms with E-state index in [9.17, 15) is 0 Å². The third kappa shape index (κ3) is 3.25. The first-order chi connectivity index (χ1) is 10.4. The SMILES string of the molecule is COc1cc(CNCc2cccnc2)cc2c1OCCO2. The Balaban J connectivity index is 1.68. The molecule has 1 aromatic heterocycles. The zero-order valence-electron chi connectivity index (χ0n) is 12.0. The smallest absolute Gasteiger partial charge is 0.203 e. The minimum atomic E-state index is 0.558. The van der Waals surface area contributed by atoms with Crippen LogP contribution >= 0.6 is 0 Å². The molecule has 2 aromatic rings. The van der Waals surface area contributed by atoms with Gasteiger partial charge in [0.1, 0.15) is 13.2 Å². The van der Waals surface area contributed by atoms with E-state index in [1.54, 1.807) is 13.3 Å². The molecular weight excluding hydrogens is 268 g/mol. The van der Waals surface area contributed by atoms with Gasteiger partial charge in [-0.3, -0.25) is 4.98 Å². The second kappa shape index (κ2) is 6.45. The van der Waals surface area contributed by atoms with Gasteiger partial charge in [0, 0.05) is 25.5 Å². The summed E-state index contributed by atoms with van der Waals surface area (Å²) < 4.78 is 16.6. The van der Waals surface area contributed by atoms with E-state index in [1.807, 2.05) is 30.5 Å². The quantitative estimate of drug-likeness (QED) is 0.912. The molecule has 0 bridgehead atoms. The van der Waals surface area contributed by atoms with Gasteiger partial charge in [0.15, 0.2) is 11.5 Å². The Morgan fingerprint density at radius 2 is 2.05 bits per heavy atom. The number of hydrogen-bond donors (Lipinski definition) is 1. The standard InChI is InChI=1S/C16H18N2O3/c1-19-14-7-13(8-15-16(14)21-6-5-20-15)11-18-10-12-3-2-4-17-9-12/h2-4,7-9,18H,5-6,10-11H2,1H3. The maximum Gasteiger partial charge on any atom is 0.203 e. The van der Waals surface area contributed by atoms with Crippen LogP contribution in [0.15, 0.2) is 36.7 Å². The van der Waals surface area contributed by atoms with Crippen molar-refractivity contribution in [3.8, 4) is 17.2 Å². The number of rotatable bonds is 5. The number of nitrogens with zero attached hydrogens (tertiary/aromatic N) is 1. The first kappa shape index (κ1) is 13.7. The van der Waals surface area contributed by atoms with Crippen LogP contribution in [-0.2, 0) is 13.1 Å². The van der Waals surface area contributed by atoms with Gasteiger partial charge in [-0.25, -0.2) is 0 Å². The monoisotopic (exact) mass is 286 g/mol. The Hall–Kier alpha value is -2.27. The van der Waals surface area contributed by atoms with Crippen LogP contribution < -0.4 is 19.5 Å². The molecule has 1 N–H and O–H groups in total. The third-order valence-corrected chi connectivity index (χ3v) is 3.27. The number of pyridine rings is 1. The summed E-state index contributed by atoms with van der Waals surface area (Å²) in [7, 11) is 1.64. The van der Waals surface area contributed by atoms with Crippen LogP contribution in [0.1, 0.15) is 11.1 Å². The number of benzene rings is 1. The molecular formula is C16H18N2O3. The minimum absolute atomic E-state index is 0.558. The van der Waals surface area contributed by atoms with E-state index in [0.717, 1.165) is 30.0 Å². The largest absolute Gasteiger partial charge is 0.493 e. The number of ether oxygens (including phenoxy) is 3. The molecule has 0 fully saturated rings. The Labute approximate surface area is 123 Å². The van der Waals surface area contributed by atoms with E-state index in [4.69, 9.17) is 14.2 Å². The predicted molar refractivity (Wildman–Crippen MR) is 78.8 cm³/mol. The second-order valence-electron chi connectivity index (χ2n) is 4.79. The highest BCUT2D eigenvalue weighted by atomic mass is 16.6. The van der Waals surface area contributed by atoms with E-state index in [2.05, 4.69) is 10.3 Å². The van der Waals surface area contributed by atoms with Crippen molar-refractivity contribution in [1.29, 1.82) is 0 Å². The van der Waals surface area contributed by atoms with Gasteiger partial charge in [0.05, 0.1) is 7.11 Å². The molecule has 3 rings (SSSR count). The van der Waals surface area contributed by atoms with Crippen molar-refractivity contribution in [3.05, 3.63) is 47.8 Å². The van der Waals surface area contributed by atoms with Crippen molar-refractivity contribution < 1.29 is 14.2 Å². The van der Waals surface area contributed by atoms with E-state index >= 15 is 0 Å². The molecule has 5 heteroatoms. The van der Waals surface area contributed by atoms with Gasteiger partial charge in [-0.2, -0.15) is 0 Å². The van der Waals surface area contributed by atoms with Crippen molar-refractivity contribution in [2.24, 2.45) is 0 Å². The second-order valence-corrected chi connectivity index (χ2v) is 4.79. The average molecular weight is 286 g/mol. The van der Waals surface area contributed by atoms with Crippen molar-refractivity contribution in [2.45, 2.75) is 13.1 Å². The van der Waals surface area contributed by atoms with E-state index in [-0.39, 0.29) is 0 Å². The Morgan fingerprint density at radius 3 is 2.86 bits per heavy atom. The van der Waals surface area contributed by atoms with Crippen LogP contribution in [-0.4, -0.2) is 25.3 Å². The molecule has 0 radical (unpaired) electrons. The van der Waals surface area contributed by atoms with E-state index in [0.29, 0.717) is 24.7 Å². The molecule has 5 nitrogen and oxygen atoms in total. The lowest BCUT2D eigenvalue weighted by atomic mass is 10.1. The molecule has 21 heavy (non-hydrogen) atoms. The third-order valence-electron chi connectivity index (χ3n) is 3.27. The van der Waals surface area contributed by atoms with Crippen molar-refractivity contribution in [2.75, 3.05) is 20.3 Å². The number of aromatic nitrogens is 1. The van der Waals surface area contributed by atoms with Crippen LogP contribution in [0.5, 0.6) is 17.2 Å². The van der Waals surface area contributed by atoms with Gasteiger partial charge in [0.2, 0.25) is 5.75 Å². The molecule has 110 valence electrons. The fraction of sp³-hybridized carbons (Fsp3) is 0.312. The summed E-state index contributed by atoms with van der Waals surface area (Å²) in [6, 6.07) is 7.95. The van der Waals surface area contributed by atoms with E-state index < -0.39 is 0 Å². The lowest BCUT2D eigenvalue weighted by molar-refractivity contribution is 0.165. The van der Waals surface area contributed by atoms with Crippen LogP contribution in [0.25, 0.3) is 0 Å². The molecule has 0 spiro atoms. The molecule has 0 unspecified atom stereocenters. The summed E-state index contributed by atoms with van der Waals surface area (Å²) in [6.45, 7) is 2.62. The van der Waals surface area contributed by atoms with Crippen molar-refractivity contribution >= 4 is 0 Å². The van der Waals surface area contributed by atoms with Gasteiger partial charge in [0.25, 0.3) is 0 Å². The minimum Gasteiger partial charge on any atom is -0.493 e. The number of methoxy groups -OCH3 is 1. The van der Waals surface area contributed by atoms with E-state index in [1.165, 1.54) is 0 Å². The number of nitrogens with one attached hydrogen (secondary N) is 1. The Morgan fingerprint density at radius 1 is 1.19 bits per heavy atom. The highest BCUT2D eigenvalue weighted by Crippen LogP contribution is 2.40. The molecule has 0 amide bonds. The van der Waals surface area contributed by atoms with Gasteiger partial charge in [-0.15, -0.1) is 0 Å².